The van der Waals surface area contributed by atoms with E-state index in [1.165, 1.54) is 11.1 Å². The van der Waals surface area contributed by atoms with Crippen LogP contribution < -0.4 is 0 Å². The van der Waals surface area contributed by atoms with E-state index in [4.69, 9.17) is 0 Å². The Bertz CT molecular complexity index is 265. The van der Waals surface area contributed by atoms with Crippen LogP contribution in [0.3, 0.4) is 0 Å². The monoisotopic (exact) mass is 148 g/mol. The Kier molecular flexibility index (Phi) is 1.49. The molecule has 0 N–H and O–H groups in total. The largest absolute Gasteiger partial charge is 0.139 e. The van der Waals surface area contributed by atoms with Crippen molar-refractivity contribution in [2.75, 3.05) is 0 Å². The topological polar surface area (TPSA) is 0 Å². The SMILES string of the molecule is C1=CCC(c2cc[pH]c2)=C1. The number of hydrogen-bond donors (Lipinski definition) is 0. The standard InChI is InChI=1S/C9H9P/c1-2-4-8(3-1)9-5-6-10-7-9/h1-3,5-7,10H,4H2. The van der Waals surface area contributed by atoms with Crippen LogP contribution in [0.5, 0.6) is 0 Å². The van der Waals surface area contributed by atoms with E-state index in [2.05, 4.69) is 35.9 Å². The average molecular weight is 148 g/mol. The van der Waals surface area contributed by atoms with Crippen molar-refractivity contribution in [3.63, 3.8) is 0 Å². The van der Waals surface area contributed by atoms with Crippen molar-refractivity contribution in [3.8, 4) is 0 Å². The van der Waals surface area contributed by atoms with Gasteiger partial charge in [-0.15, -0.1) is 8.19 Å². The second kappa shape index (κ2) is 2.48. The second-order valence-electron chi connectivity index (χ2n) is 2.42. The highest BCUT2D eigenvalue weighted by Crippen LogP contribution is 2.26. The fourth-order valence-corrected chi connectivity index (χ4v) is 2.02. The smallest absolute Gasteiger partial charge is 0.00883 e. The van der Waals surface area contributed by atoms with Crippen LogP contribution in [0.25, 0.3) is 5.57 Å². The van der Waals surface area contributed by atoms with Crippen LogP contribution in [0.4, 0.5) is 0 Å². The maximum absolute atomic E-state index is 2.30. The zero-order chi connectivity index (χ0) is 6.81. The molecule has 1 aromatic heterocycles. The normalized spacial score (nSPS) is 16.6. The van der Waals surface area contributed by atoms with Crippen molar-refractivity contribution in [1.82, 2.24) is 0 Å². The van der Waals surface area contributed by atoms with Gasteiger partial charge in [0.2, 0.25) is 0 Å². The Balaban J connectivity index is 2.30. The van der Waals surface area contributed by atoms with E-state index in [-0.39, 0.29) is 0 Å². The summed E-state index contributed by atoms with van der Waals surface area (Å²) in [4.78, 5) is 0. The molecule has 1 heteroatoms. The quantitative estimate of drug-likeness (QED) is 0.574. The molecule has 0 fully saturated rings. The van der Waals surface area contributed by atoms with Gasteiger partial charge in [0.1, 0.15) is 0 Å². The highest BCUT2D eigenvalue weighted by Gasteiger charge is 2.00. The van der Waals surface area contributed by atoms with E-state index in [1.807, 2.05) is 0 Å². The molecular weight excluding hydrogens is 139 g/mol. The molecule has 0 saturated heterocycles. The summed E-state index contributed by atoms with van der Waals surface area (Å²) in [6.07, 6.45) is 7.66. The lowest BCUT2D eigenvalue weighted by Gasteiger charge is -1.94. The van der Waals surface area contributed by atoms with Gasteiger partial charge < -0.3 is 0 Å². The van der Waals surface area contributed by atoms with Gasteiger partial charge in [0.25, 0.3) is 0 Å². The van der Waals surface area contributed by atoms with Gasteiger partial charge in [-0.25, -0.2) is 0 Å². The summed E-state index contributed by atoms with van der Waals surface area (Å²) in [5.41, 5.74) is 2.91. The van der Waals surface area contributed by atoms with Gasteiger partial charge in [0.15, 0.2) is 0 Å². The van der Waals surface area contributed by atoms with Crippen molar-refractivity contribution >= 4 is 13.8 Å². The zero-order valence-corrected chi connectivity index (χ0v) is 6.67. The Morgan fingerprint density at radius 3 is 3.00 bits per heavy atom. The predicted octanol–water partition coefficient (Wildman–Crippen LogP) is 3.06. The summed E-state index contributed by atoms with van der Waals surface area (Å²) in [5, 5.41) is 0. The summed E-state index contributed by atoms with van der Waals surface area (Å²) in [5.74, 6) is 4.54. The fraction of sp³-hybridized carbons (Fsp3) is 0.111. The highest BCUT2D eigenvalue weighted by atomic mass is 31.0. The van der Waals surface area contributed by atoms with E-state index in [0.717, 1.165) is 14.6 Å². The molecule has 0 radical (unpaired) electrons. The molecule has 1 aromatic rings. The molecule has 0 spiro atoms. The maximum atomic E-state index is 2.30. The predicted molar refractivity (Wildman–Crippen MR) is 47.7 cm³/mol. The molecule has 10 heavy (non-hydrogen) atoms. The van der Waals surface area contributed by atoms with Crippen LogP contribution >= 0.6 is 8.19 Å². The van der Waals surface area contributed by atoms with Gasteiger partial charge in [-0.3, -0.25) is 0 Å². The summed E-state index contributed by atoms with van der Waals surface area (Å²) in [6, 6.07) is 2.22. The third-order valence-corrected chi connectivity index (χ3v) is 2.58. The molecule has 0 aliphatic heterocycles. The van der Waals surface area contributed by atoms with E-state index in [0.29, 0.717) is 0 Å². The van der Waals surface area contributed by atoms with Crippen molar-refractivity contribution < 1.29 is 0 Å². The lowest BCUT2D eigenvalue weighted by atomic mass is 10.1. The first-order chi connectivity index (χ1) is 4.97. The molecule has 1 atom stereocenters. The number of allylic oxidation sites excluding steroid dienone is 4. The molecule has 0 saturated carbocycles. The Morgan fingerprint density at radius 2 is 2.40 bits per heavy atom. The summed E-state index contributed by atoms with van der Waals surface area (Å²) in [7, 11) is 0.904. The first-order valence-corrected chi connectivity index (χ1v) is 4.61. The van der Waals surface area contributed by atoms with Crippen molar-refractivity contribution in [1.29, 1.82) is 0 Å². The van der Waals surface area contributed by atoms with Gasteiger partial charge in [-0.05, 0) is 29.2 Å². The van der Waals surface area contributed by atoms with Crippen LogP contribution in [-0.4, -0.2) is 0 Å². The van der Waals surface area contributed by atoms with Crippen molar-refractivity contribution in [2.45, 2.75) is 6.42 Å². The molecule has 0 nitrogen and oxygen atoms in total. The second-order valence-corrected chi connectivity index (χ2v) is 3.38. The van der Waals surface area contributed by atoms with E-state index < -0.39 is 0 Å². The lowest BCUT2D eigenvalue weighted by Crippen LogP contribution is -1.72. The van der Waals surface area contributed by atoms with Crippen LogP contribution in [-0.2, 0) is 0 Å². The zero-order valence-electron chi connectivity index (χ0n) is 5.67. The fourth-order valence-electron chi connectivity index (χ4n) is 1.18. The van der Waals surface area contributed by atoms with Crippen molar-refractivity contribution in [3.05, 3.63) is 41.5 Å². The Hall–Kier alpha value is -0.740. The van der Waals surface area contributed by atoms with E-state index in [1.54, 1.807) is 0 Å². The van der Waals surface area contributed by atoms with Crippen LogP contribution in [0.15, 0.2) is 35.9 Å². The first-order valence-electron chi connectivity index (χ1n) is 3.46. The minimum Gasteiger partial charge on any atom is -0.139 e. The molecule has 1 aliphatic carbocycles. The minimum atomic E-state index is 0.904. The van der Waals surface area contributed by atoms with Crippen LogP contribution in [0.1, 0.15) is 12.0 Å². The number of rotatable bonds is 1. The van der Waals surface area contributed by atoms with Gasteiger partial charge in [0, 0.05) is 0 Å². The van der Waals surface area contributed by atoms with Gasteiger partial charge >= 0.3 is 0 Å². The van der Waals surface area contributed by atoms with Crippen LogP contribution in [0.2, 0.25) is 0 Å². The Morgan fingerprint density at radius 1 is 1.40 bits per heavy atom. The molecule has 1 aliphatic rings. The molecular formula is C9H9P. The molecule has 50 valence electrons. The molecule has 0 aromatic carbocycles. The third kappa shape index (κ3) is 0.955. The van der Waals surface area contributed by atoms with E-state index in [9.17, 15) is 0 Å². The molecule has 0 amide bonds. The molecule has 1 heterocycles. The van der Waals surface area contributed by atoms with E-state index >= 15 is 0 Å². The van der Waals surface area contributed by atoms with Crippen molar-refractivity contribution in [2.24, 2.45) is 0 Å². The first kappa shape index (κ1) is 6.00. The lowest BCUT2D eigenvalue weighted by molar-refractivity contribution is 1.45. The number of hydrogen-bond acceptors (Lipinski definition) is 0. The van der Waals surface area contributed by atoms with Gasteiger partial charge in [-0.1, -0.05) is 24.3 Å². The highest BCUT2D eigenvalue weighted by molar-refractivity contribution is 7.28. The minimum absolute atomic E-state index is 0.904. The van der Waals surface area contributed by atoms with Gasteiger partial charge in [-0.2, -0.15) is 0 Å². The molecule has 1 unspecified atom stereocenters. The average Bonchev–Trinajstić information content (AvgIpc) is 2.59. The third-order valence-electron chi connectivity index (χ3n) is 1.74. The molecule has 0 bridgehead atoms. The summed E-state index contributed by atoms with van der Waals surface area (Å²) in [6.45, 7) is 0. The Labute approximate surface area is 62.4 Å². The van der Waals surface area contributed by atoms with Gasteiger partial charge in [0.05, 0.1) is 0 Å². The summed E-state index contributed by atoms with van der Waals surface area (Å²) < 4.78 is 0. The van der Waals surface area contributed by atoms with Crippen LogP contribution in [0, 0.1) is 0 Å². The molecule has 2 rings (SSSR count). The maximum Gasteiger partial charge on any atom is -0.00883 e. The summed E-state index contributed by atoms with van der Waals surface area (Å²) >= 11 is 0.